The number of nitrogen functional groups attached to an aromatic ring is 1. The molecular formula is C15H23N3O. The standard InChI is InChI=1S/C15H23N3O/c1-11-5-6-13(14(16)8-11)15(19)17-9-12-4-3-7-18(2)10-12/h5-6,8,12H,3-4,7,9-10,16H2,1-2H3,(H,17,19). The van der Waals surface area contributed by atoms with E-state index in [-0.39, 0.29) is 5.91 Å². The highest BCUT2D eigenvalue weighted by Gasteiger charge is 2.18. The number of hydrogen-bond acceptors (Lipinski definition) is 3. The van der Waals surface area contributed by atoms with Gasteiger partial charge in [0.2, 0.25) is 0 Å². The number of carbonyl (C=O) groups excluding carboxylic acids is 1. The number of aryl methyl sites for hydroxylation is 1. The molecule has 4 heteroatoms. The highest BCUT2D eigenvalue weighted by atomic mass is 16.1. The Labute approximate surface area is 115 Å². The van der Waals surface area contributed by atoms with Gasteiger partial charge in [0.15, 0.2) is 0 Å². The summed E-state index contributed by atoms with van der Waals surface area (Å²) >= 11 is 0. The smallest absolute Gasteiger partial charge is 0.253 e. The third-order valence-corrected chi connectivity index (χ3v) is 3.73. The monoisotopic (exact) mass is 261 g/mol. The van der Waals surface area contributed by atoms with E-state index in [9.17, 15) is 4.79 Å². The van der Waals surface area contributed by atoms with Crippen molar-refractivity contribution in [2.75, 3.05) is 32.4 Å². The molecule has 1 fully saturated rings. The lowest BCUT2D eigenvalue weighted by Gasteiger charge is -2.29. The molecule has 2 rings (SSSR count). The Morgan fingerprint density at radius 1 is 1.53 bits per heavy atom. The predicted molar refractivity (Wildman–Crippen MR) is 78.1 cm³/mol. The van der Waals surface area contributed by atoms with Gasteiger partial charge in [-0.15, -0.1) is 0 Å². The summed E-state index contributed by atoms with van der Waals surface area (Å²) in [5.41, 5.74) is 8.09. The van der Waals surface area contributed by atoms with Crippen LogP contribution < -0.4 is 11.1 Å². The van der Waals surface area contributed by atoms with Gasteiger partial charge >= 0.3 is 0 Å². The predicted octanol–water partition coefficient (Wildman–Crippen LogP) is 1.65. The van der Waals surface area contributed by atoms with Gasteiger partial charge in [-0.3, -0.25) is 4.79 Å². The molecule has 1 aliphatic heterocycles. The zero-order chi connectivity index (χ0) is 13.8. The van der Waals surface area contributed by atoms with Gasteiger partial charge in [0.05, 0.1) is 5.56 Å². The van der Waals surface area contributed by atoms with E-state index in [4.69, 9.17) is 5.73 Å². The van der Waals surface area contributed by atoms with Crippen molar-refractivity contribution in [3.63, 3.8) is 0 Å². The van der Waals surface area contributed by atoms with Crippen LogP contribution in [-0.2, 0) is 0 Å². The molecule has 0 aliphatic carbocycles. The minimum absolute atomic E-state index is 0.0641. The summed E-state index contributed by atoms with van der Waals surface area (Å²) in [6.07, 6.45) is 2.40. The van der Waals surface area contributed by atoms with Gasteiger partial charge in [-0.1, -0.05) is 6.07 Å². The van der Waals surface area contributed by atoms with Crippen LogP contribution in [0.2, 0.25) is 0 Å². The zero-order valence-corrected chi connectivity index (χ0v) is 11.8. The second-order valence-electron chi connectivity index (χ2n) is 5.57. The molecule has 1 aromatic rings. The second kappa shape index (κ2) is 6.06. The minimum Gasteiger partial charge on any atom is -0.398 e. The highest BCUT2D eigenvalue weighted by molar-refractivity contribution is 5.99. The molecule has 19 heavy (non-hydrogen) atoms. The summed E-state index contributed by atoms with van der Waals surface area (Å²) in [6.45, 7) is 4.92. The molecular weight excluding hydrogens is 238 g/mol. The first-order chi connectivity index (χ1) is 9.06. The number of nitrogens with zero attached hydrogens (tertiary/aromatic N) is 1. The van der Waals surface area contributed by atoms with Crippen LogP contribution in [0.4, 0.5) is 5.69 Å². The molecule has 0 aromatic heterocycles. The van der Waals surface area contributed by atoms with Gasteiger partial charge in [-0.25, -0.2) is 0 Å². The molecule has 1 aromatic carbocycles. The fourth-order valence-electron chi connectivity index (χ4n) is 2.66. The van der Waals surface area contributed by atoms with Gasteiger partial charge < -0.3 is 16.0 Å². The van der Waals surface area contributed by atoms with Crippen LogP contribution in [0.5, 0.6) is 0 Å². The van der Waals surface area contributed by atoms with Crippen molar-refractivity contribution >= 4 is 11.6 Å². The van der Waals surface area contributed by atoms with Crippen LogP contribution >= 0.6 is 0 Å². The first-order valence-corrected chi connectivity index (χ1v) is 6.89. The van der Waals surface area contributed by atoms with Crippen LogP contribution in [-0.4, -0.2) is 37.5 Å². The normalized spacial score (nSPS) is 20.2. The van der Waals surface area contributed by atoms with Gasteiger partial charge in [0, 0.05) is 18.8 Å². The summed E-state index contributed by atoms with van der Waals surface area (Å²) in [6, 6.07) is 5.55. The van der Waals surface area contributed by atoms with Crippen LogP contribution in [0, 0.1) is 12.8 Å². The van der Waals surface area contributed by atoms with Crippen molar-refractivity contribution in [1.29, 1.82) is 0 Å². The summed E-state index contributed by atoms with van der Waals surface area (Å²) in [5.74, 6) is 0.486. The molecule has 1 amide bonds. The number of nitrogens with two attached hydrogens (primary N) is 1. The van der Waals surface area contributed by atoms with Crippen molar-refractivity contribution in [1.82, 2.24) is 10.2 Å². The molecule has 0 bridgehead atoms. The van der Waals surface area contributed by atoms with Crippen molar-refractivity contribution in [3.05, 3.63) is 29.3 Å². The fourth-order valence-corrected chi connectivity index (χ4v) is 2.66. The Bertz CT molecular complexity index is 459. The van der Waals surface area contributed by atoms with E-state index in [1.165, 1.54) is 12.8 Å². The number of amides is 1. The first kappa shape index (κ1) is 13.9. The van der Waals surface area contributed by atoms with Crippen LogP contribution in [0.15, 0.2) is 18.2 Å². The topological polar surface area (TPSA) is 58.4 Å². The quantitative estimate of drug-likeness (QED) is 0.813. The molecule has 104 valence electrons. The number of rotatable bonds is 3. The maximum Gasteiger partial charge on any atom is 0.253 e. The molecule has 1 atom stereocenters. The Morgan fingerprint density at radius 2 is 2.32 bits per heavy atom. The van der Waals surface area contributed by atoms with Gasteiger partial charge in [0.1, 0.15) is 0 Å². The third kappa shape index (κ3) is 3.70. The summed E-state index contributed by atoms with van der Waals surface area (Å²) in [5, 5.41) is 3.00. The highest BCUT2D eigenvalue weighted by Crippen LogP contribution is 2.16. The largest absolute Gasteiger partial charge is 0.398 e. The molecule has 0 saturated carbocycles. The summed E-state index contributed by atoms with van der Waals surface area (Å²) < 4.78 is 0. The molecule has 0 spiro atoms. The van der Waals surface area contributed by atoms with Gasteiger partial charge in [0.25, 0.3) is 5.91 Å². The molecule has 1 aliphatic rings. The van der Waals surface area contributed by atoms with E-state index < -0.39 is 0 Å². The minimum atomic E-state index is -0.0641. The lowest BCUT2D eigenvalue weighted by molar-refractivity contribution is 0.0937. The van der Waals surface area contributed by atoms with E-state index in [0.717, 1.165) is 25.2 Å². The van der Waals surface area contributed by atoms with Gasteiger partial charge in [-0.2, -0.15) is 0 Å². The molecule has 1 heterocycles. The number of benzene rings is 1. The average molecular weight is 261 g/mol. The van der Waals surface area contributed by atoms with Crippen LogP contribution in [0.3, 0.4) is 0 Å². The molecule has 3 N–H and O–H groups in total. The van der Waals surface area contributed by atoms with Crippen molar-refractivity contribution < 1.29 is 4.79 Å². The number of piperidine rings is 1. The van der Waals surface area contributed by atoms with Crippen LogP contribution in [0.1, 0.15) is 28.8 Å². The second-order valence-corrected chi connectivity index (χ2v) is 5.57. The molecule has 4 nitrogen and oxygen atoms in total. The number of anilines is 1. The lowest BCUT2D eigenvalue weighted by atomic mass is 9.98. The lowest BCUT2D eigenvalue weighted by Crippen LogP contribution is -2.39. The van der Waals surface area contributed by atoms with Crippen LogP contribution in [0.25, 0.3) is 0 Å². The Balaban J connectivity index is 1.90. The molecule has 1 unspecified atom stereocenters. The Morgan fingerprint density at radius 3 is 3.00 bits per heavy atom. The zero-order valence-electron chi connectivity index (χ0n) is 11.8. The molecule has 0 radical (unpaired) electrons. The van der Waals surface area contributed by atoms with Crippen molar-refractivity contribution in [2.24, 2.45) is 5.92 Å². The first-order valence-electron chi connectivity index (χ1n) is 6.89. The number of hydrogen-bond donors (Lipinski definition) is 2. The number of nitrogens with one attached hydrogen (secondary N) is 1. The maximum atomic E-state index is 12.1. The molecule has 1 saturated heterocycles. The van der Waals surface area contributed by atoms with E-state index in [2.05, 4.69) is 17.3 Å². The van der Waals surface area contributed by atoms with Crippen molar-refractivity contribution in [3.8, 4) is 0 Å². The third-order valence-electron chi connectivity index (χ3n) is 3.73. The van der Waals surface area contributed by atoms with E-state index >= 15 is 0 Å². The Kier molecular flexibility index (Phi) is 4.43. The van der Waals surface area contributed by atoms with E-state index in [0.29, 0.717) is 17.2 Å². The number of likely N-dealkylation sites (tertiary alicyclic amines) is 1. The SMILES string of the molecule is Cc1ccc(C(=O)NCC2CCCN(C)C2)c(N)c1. The number of carbonyl (C=O) groups is 1. The van der Waals surface area contributed by atoms with E-state index in [1.54, 1.807) is 6.07 Å². The maximum absolute atomic E-state index is 12.1. The van der Waals surface area contributed by atoms with Gasteiger partial charge in [-0.05, 0) is 57.0 Å². The average Bonchev–Trinajstić information content (AvgIpc) is 2.36. The van der Waals surface area contributed by atoms with E-state index in [1.807, 2.05) is 19.1 Å². The Hall–Kier alpha value is -1.55. The summed E-state index contributed by atoms with van der Waals surface area (Å²) in [7, 11) is 2.13. The fraction of sp³-hybridized carbons (Fsp3) is 0.533. The summed E-state index contributed by atoms with van der Waals surface area (Å²) in [4.78, 5) is 14.4. The van der Waals surface area contributed by atoms with Crippen molar-refractivity contribution in [2.45, 2.75) is 19.8 Å².